The van der Waals surface area contributed by atoms with Gasteiger partial charge in [0.25, 0.3) is 0 Å². The van der Waals surface area contributed by atoms with Crippen LogP contribution in [0.15, 0.2) is 0 Å². The SMILES string of the molecule is C[C@H]1[C@@H](O)C(C)(C)OC(=O)N1C. The molecule has 1 aliphatic heterocycles. The van der Waals surface area contributed by atoms with Gasteiger partial charge in [-0.15, -0.1) is 0 Å². The fraction of sp³-hybridized carbons (Fsp3) is 0.875. The van der Waals surface area contributed by atoms with E-state index >= 15 is 0 Å². The first kappa shape index (κ1) is 9.32. The van der Waals surface area contributed by atoms with E-state index in [2.05, 4.69) is 0 Å². The molecular weight excluding hydrogens is 158 g/mol. The number of amides is 1. The van der Waals surface area contributed by atoms with Crippen LogP contribution < -0.4 is 0 Å². The van der Waals surface area contributed by atoms with Crippen molar-refractivity contribution in [3.63, 3.8) is 0 Å². The smallest absolute Gasteiger partial charge is 0.410 e. The number of nitrogens with zero attached hydrogens (tertiary/aromatic N) is 1. The molecule has 0 aliphatic carbocycles. The van der Waals surface area contributed by atoms with Crippen LogP contribution in [0.1, 0.15) is 20.8 Å². The molecule has 4 heteroatoms. The molecule has 1 heterocycles. The number of hydrogen-bond acceptors (Lipinski definition) is 3. The van der Waals surface area contributed by atoms with Crippen molar-refractivity contribution in [3.8, 4) is 0 Å². The molecule has 1 rings (SSSR count). The van der Waals surface area contributed by atoms with E-state index in [4.69, 9.17) is 4.74 Å². The van der Waals surface area contributed by atoms with Crippen LogP contribution in [0.4, 0.5) is 4.79 Å². The van der Waals surface area contributed by atoms with Gasteiger partial charge in [0.05, 0.1) is 6.04 Å². The Morgan fingerprint density at radius 3 is 2.58 bits per heavy atom. The second-order valence-corrected chi connectivity index (χ2v) is 3.77. The van der Waals surface area contributed by atoms with Crippen molar-refractivity contribution in [1.29, 1.82) is 0 Å². The molecule has 0 aromatic carbocycles. The maximum atomic E-state index is 11.2. The number of likely N-dealkylation sites (N-methyl/N-ethyl adjacent to an activating group) is 1. The number of aliphatic hydroxyl groups excluding tert-OH is 1. The Morgan fingerprint density at radius 2 is 2.08 bits per heavy atom. The van der Waals surface area contributed by atoms with Crippen molar-refractivity contribution < 1.29 is 14.6 Å². The van der Waals surface area contributed by atoms with Crippen LogP contribution in [0.25, 0.3) is 0 Å². The van der Waals surface area contributed by atoms with Crippen LogP contribution in [0.5, 0.6) is 0 Å². The topological polar surface area (TPSA) is 49.8 Å². The van der Waals surface area contributed by atoms with Crippen molar-refractivity contribution in [2.75, 3.05) is 7.05 Å². The third kappa shape index (κ3) is 1.27. The van der Waals surface area contributed by atoms with E-state index in [0.717, 1.165) is 0 Å². The summed E-state index contributed by atoms with van der Waals surface area (Å²) in [5, 5.41) is 9.67. The summed E-state index contributed by atoms with van der Waals surface area (Å²) in [5.74, 6) is 0. The zero-order chi connectivity index (χ0) is 9.52. The average molecular weight is 173 g/mol. The summed E-state index contributed by atoms with van der Waals surface area (Å²) in [6.45, 7) is 5.21. The summed E-state index contributed by atoms with van der Waals surface area (Å²) in [4.78, 5) is 12.6. The Balaban J connectivity index is 2.85. The predicted molar refractivity (Wildman–Crippen MR) is 43.8 cm³/mol. The Hall–Kier alpha value is -0.770. The van der Waals surface area contributed by atoms with E-state index < -0.39 is 11.7 Å². The van der Waals surface area contributed by atoms with Crippen LogP contribution in [-0.4, -0.2) is 40.9 Å². The highest BCUT2D eigenvalue weighted by Gasteiger charge is 2.44. The highest BCUT2D eigenvalue weighted by Crippen LogP contribution is 2.26. The van der Waals surface area contributed by atoms with Gasteiger partial charge in [-0.1, -0.05) is 0 Å². The highest BCUT2D eigenvalue weighted by molar-refractivity contribution is 5.69. The third-order valence-corrected chi connectivity index (χ3v) is 2.42. The van der Waals surface area contributed by atoms with Crippen molar-refractivity contribution >= 4 is 6.09 Å². The molecule has 4 nitrogen and oxygen atoms in total. The zero-order valence-corrected chi connectivity index (χ0v) is 7.87. The number of cyclic esters (lactones) is 1. The van der Waals surface area contributed by atoms with E-state index in [1.54, 1.807) is 27.8 Å². The van der Waals surface area contributed by atoms with Crippen molar-refractivity contribution in [3.05, 3.63) is 0 Å². The second-order valence-electron chi connectivity index (χ2n) is 3.77. The van der Waals surface area contributed by atoms with Crippen molar-refractivity contribution in [2.24, 2.45) is 0 Å². The van der Waals surface area contributed by atoms with E-state index in [1.165, 1.54) is 4.90 Å². The van der Waals surface area contributed by atoms with Crippen LogP contribution in [0, 0.1) is 0 Å². The number of carbonyl (C=O) groups excluding carboxylic acids is 1. The van der Waals surface area contributed by atoms with Crippen LogP contribution in [-0.2, 0) is 4.74 Å². The lowest BCUT2D eigenvalue weighted by Gasteiger charge is -2.43. The number of ether oxygens (including phenoxy) is 1. The van der Waals surface area contributed by atoms with Crippen LogP contribution >= 0.6 is 0 Å². The molecule has 1 fully saturated rings. The third-order valence-electron chi connectivity index (χ3n) is 2.42. The van der Waals surface area contributed by atoms with Gasteiger partial charge in [0, 0.05) is 7.05 Å². The molecule has 0 aromatic heterocycles. The lowest BCUT2D eigenvalue weighted by atomic mass is 9.93. The summed E-state index contributed by atoms with van der Waals surface area (Å²) in [6.07, 6.45) is -1.02. The van der Waals surface area contributed by atoms with Crippen molar-refractivity contribution in [2.45, 2.75) is 38.5 Å². The molecule has 0 bridgehead atoms. The number of aliphatic hydroxyl groups is 1. The molecule has 0 aromatic rings. The fourth-order valence-corrected chi connectivity index (χ4v) is 1.32. The molecule has 0 spiro atoms. The second kappa shape index (κ2) is 2.62. The van der Waals surface area contributed by atoms with Gasteiger partial charge in [-0.05, 0) is 20.8 Å². The summed E-state index contributed by atoms with van der Waals surface area (Å²) in [6, 6.07) is -0.193. The molecule has 0 unspecified atom stereocenters. The molecule has 0 radical (unpaired) electrons. The van der Waals surface area contributed by atoms with E-state index in [0.29, 0.717) is 0 Å². The monoisotopic (exact) mass is 173 g/mol. The van der Waals surface area contributed by atoms with E-state index in [-0.39, 0.29) is 12.1 Å². The number of rotatable bonds is 0. The molecule has 2 atom stereocenters. The first-order valence-corrected chi connectivity index (χ1v) is 4.00. The summed E-state index contributed by atoms with van der Waals surface area (Å²) in [5.41, 5.74) is -0.775. The molecule has 1 aliphatic rings. The van der Waals surface area contributed by atoms with Gasteiger partial charge in [-0.2, -0.15) is 0 Å². The number of hydrogen-bond donors (Lipinski definition) is 1. The Morgan fingerprint density at radius 1 is 1.58 bits per heavy atom. The van der Waals surface area contributed by atoms with E-state index in [9.17, 15) is 9.90 Å². The fourth-order valence-electron chi connectivity index (χ4n) is 1.32. The molecule has 0 saturated carbocycles. The lowest BCUT2D eigenvalue weighted by molar-refractivity contribution is -0.126. The summed E-state index contributed by atoms with van der Waals surface area (Å²) < 4.78 is 5.01. The minimum absolute atomic E-state index is 0.193. The van der Waals surface area contributed by atoms with E-state index in [1.807, 2.05) is 0 Å². The first-order chi connectivity index (χ1) is 5.36. The predicted octanol–water partition coefficient (Wildman–Crippen LogP) is 0.596. The van der Waals surface area contributed by atoms with Gasteiger partial charge < -0.3 is 14.7 Å². The molecule has 1 N–H and O–H groups in total. The molecule has 1 amide bonds. The van der Waals surface area contributed by atoms with Crippen LogP contribution in [0.3, 0.4) is 0 Å². The summed E-state index contributed by atoms with van der Waals surface area (Å²) >= 11 is 0. The maximum absolute atomic E-state index is 11.2. The van der Waals surface area contributed by atoms with Gasteiger partial charge >= 0.3 is 6.09 Å². The summed E-state index contributed by atoms with van der Waals surface area (Å²) in [7, 11) is 1.62. The quantitative estimate of drug-likeness (QED) is 0.583. The first-order valence-electron chi connectivity index (χ1n) is 4.00. The number of carbonyl (C=O) groups is 1. The molecule has 12 heavy (non-hydrogen) atoms. The average Bonchev–Trinajstić information content (AvgIpc) is 1.97. The van der Waals surface area contributed by atoms with Gasteiger partial charge in [-0.3, -0.25) is 0 Å². The van der Waals surface area contributed by atoms with Gasteiger partial charge in [0.2, 0.25) is 0 Å². The molecular formula is C8H15NO3. The highest BCUT2D eigenvalue weighted by atomic mass is 16.6. The standard InChI is InChI=1S/C8H15NO3/c1-5-6(10)8(2,3)12-7(11)9(5)4/h5-6,10H,1-4H3/t5-,6+/m0/s1. The van der Waals surface area contributed by atoms with Crippen molar-refractivity contribution in [1.82, 2.24) is 4.90 Å². The Bertz CT molecular complexity index is 202. The minimum atomic E-state index is -0.775. The Kier molecular flexibility index (Phi) is 2.04. The molecule has 1 saturated heterocycles. The zero-order valence-electron chi connectivity index (χ0n) is 7.87. The Labute approximate surface area is 72.1 Å². The van der Waals surface area contributed by atoms with Crippen LogP contribution in [0.2, 0.25) is 0 Å². The van der Waals surface area contributed by atoms with Gasteiger partial charge in [0.15, 0.2) is 0 Å². The molecule has 70 valence electrons. The van der Waals surface area contributed by atoms with Gasteiger partial charge in [0.1, 0.15) is 11.7 Å². The maximum Gasteiger partial charge on any atom is 0.410 e. The normalized spacial score (nSPS) is 34.8. The lowest BCUT2D eigenvalue weighted by Crippen LogP contribution is -2.60. The largest absolute Gasteiger partial charge is 0.441 e. The minimum Gasteiger partial charge on any atom is -0.441 e. The van der Waals surface area contributed by atoms with Gasteiger partial charge in [-0.25, -0.2) is 4.79 Å².